The van der Waals surface area contributed by atoms with Crippen molar-refractivity contribution in [2.45, 2.75) is 39.3 Å². The van der Waals surface area contributed by atoms with Crippen LogP contribution in [-0.2, 0) is 21.4 Å². The topological polar surface area (TPSA) is 79.0 Å². The number of carbonyl (C=O) groups excluding carboxylic acids is 1. The van der Waals surface area contributed by atoms with Crippen molar-refractivity contribution in [2.24, 2.45) is 0 Å². The molecule has 1 fully saturated rings. The Hall–Kier alpha value is -2.74. The zero-order valence-electron chi connectivity index (χ0n) is 18.4. The van der Waals surface area contributed by atoms with E-state index in [4.69, 9.17) is 4.74 Å². The van der Waals surface area contributed by atoms with E-state index < -0.39 is 16.1 Å². The van der Waals surface area contributed by atoms with E-state index >= 15 is 0 Å². The molecule has 1 aliphatic heterocycles. The van der Waals surface area contributed by atoms with Gasteiger partial charge in [-0.3, -0.25) is 9.10 Å². The van der Waals surface area contributed by atoms with E-state index in [1.807, 2.05) is 19.1 Å². The van der Waals surface area contributed by atoms with Crippen LogP contribution in [0.1, 0.15) is 32.3 Å². The highest BCUT2D eigenvalue weighted by Crippen LogP contribution is 2.24. The molecule has 2 aromatic rings. The molecule has 1 aliphatic rings. The Morgan fingerprint density at radius 1 is 1.10 bits per heavy atom. The van der Waals surface area contributed by atoms with Crippen LogP contribution >= 0.6 is 0 Å². The second-order valence-corrected chi connectivity index (χ2v) is 9.60. The molecule has 1 unspecified atom stereocenters. The molecule has 1 amide bonds. The summed E-state index contributed by atoms with van der Waals surface area (Å²) in [7, 11) is -3.66. The third-order valence-electron chi connectivity index (χ3n) is 5.37. The summed E-state index contributed by atoms with van der Waals surface area (Å²) in [4.78, 5) is 15.1. The van der Waals surface area contributed by atoms with Crippen LogP contribution in [0.15, 0.2) is 48.5 Å². The lowest BCUT2D eigenvalue weighted by Gasteiger charge is -2.28. The Bertz CT molecular complexity index is 969. The normalized spacial score (nSPS) is 14.9. The number of hydrogen-bond donors (Lipinski definition) is 1. The Morgan fingerprint density at radius 2 is 1.71 bits per heavy atom. The van der Waals surface area contributed by atoms with Crippen molar-refractivity contribution in [3.05, 3.63) is 54.1 Å². The summed E-state index contributed by atoms with van der Waals surface area (Å²) in [6.07, 6.45) is 3.55. The fraction of sp³-hybridized carbons (Fsp3) is 0.435. The minimum absolute atomic E-state index is 0.338. The minimum Gasteiger partial charge on any atom is -0.494 e. The van der Waals surface area contributed by atoms with E-state index in [2.05, 4.69) is 22.3 Å². The summed E-state index contributed by atoms with van der Waals surface area (Å²) in [5, 5.41) is 2.86. The largest absolute Gasteiger partial charge is 0.494 e. The maximum absolute atomic E-state index is 12.8. The average molecular weight is 446 g/mol. The first-order valence-electron chi connectivity index (χ1n) is 10.6. The number of benzene rings is 2. The zero-order valence-corrected chi connectivity index (χ0v) is 19.2. The van der Waals surface area contributed by atoms with Crippen LogP contribution in [0.3, 0.4) is 0 Å². The maximum atomic E-state index is 12.8. The Balaban J connectivity index is 1.65. The molecule has 168 valence electrons. The van der Waals surface area contributed by atoms with Crippen LogP contribution in [0.5, 0.6) is 5.75 Å². The van der Waals surface area contributed by atoms with Gasteiger partial charge in [-0.05, 0) is 68.7 Å². The highest BCUT2D eigenvalue weighted by Gasteiger charge is 2.29. The van der Waals surface area contributed by atoms with Gasteiger partial charge in [-0.1, -0.05) is 12.1 Å². The van der Waals surface area contributed by atoms with E-state index in [0.717, 1.165) is 29.2 Å². The molecule has 1 N–H and O–H groups in total. The number of ether oxygens (including phenoxy) is 1. The van der Waals surface area contributed by atoms with Crippen molar-refractivity contribution in [1.29, 1.82) is 0 Å². The van der Waals surface area contributed by atoms with E-state index in [9.17, 15) is 13.2 Å². The molecule has 0 bridgehead atoms. The average Bonchev–Trinajstić information content (AvgIpc) is 3.28. The van der Waals surface area contributed by atoms with E-state index in [0.29, 0.717) is 24.6 Å². The number of hydrogen-bond acceptors (Lipinski definition) is 5. The van der Waals surface area contributed by atoms with Gasteiger partial charge in [0, 0.05) is 25.3 Å². The van der Waals surface area contributed by atoms with Gasteiger partial charge in [0.05, 0.1) is 18.6 Å². The van der Waals surface area contributed by atoms with Gasteiger partial charge < -0.3 is 15.0 Å². The number of nitrogens with zero attached hydrogens (tertiary/aromatic N) is 2. The number of anilines is 2. The molecule has 0 saturated carbocycles. The standard InChI is InChI=1S/C23H31N3O4S/c1-4-30-22-13-11-21(12-14-22)26(31(3,28)29)18(2)23(27)24-17-19-7-9-20(10-8-19)25-15-5-6-16-25/h7-14,18H,4-6,15-17H2,1-3H3,(H,24,27). The van der Waals surface area contributed by atoms with Crippen LogP contribution in [-0.4, -0.2) is 46.3 Å². The quantitative estimate of drug-likeness (QED) is 0.641. The highest BCUT2D eigenvalue weighted by molar-refractivity contribution is 7.92. The lowest BCUT2D eigenvalue weighted by atomic mass is 10.2. The molecule has 0 spiro atoms. The van der Waals surface area contributed by atoms with Crippen molar-refractivity contribution in [1.82, 2.24) is 5.32 Å². The van der Waals surface area contributed by atoms with Gasteiger partial charge in [0.15, 0.2) is 0 Å². The minimum atomic E-state index is -3.66. The molecule has 0 aliphatic carbocycles. The molecule has 31 heavy (non-hydrogen) atoms. The molecule has 8 heteroatoms. The summed E-state index contributed by atoms with van der Waals surface area (Å²) in [6, 6.07) is 13.9. The molecule has 3 rings (SSSR count). The Labute approximate surface area is 185 Å². The predicted octanol–water partition coefficient (Wildman–Crippen LogP) is 3.16. The maximum Gasteiger partial charge on any atom is 0.243 e. The van der Waals surface area contributed by atoms with Gasteiger partial charge >= 0.3 is 0 Å². The van der Waals surface area contributed by atoms with Crippen molar-refractivity contribution in [2.75, 3.05) is 35.2 Å². The van der Waals surface area contributed by atoms with Crippen molar-refractivity contribution in [3.63, 3.8) is 0 Å². The number of nitrogens with one attached hydrogen (secondary N) is 1. The summed E-state index contributed by atoms with van der Waals surface area (Å²) < 4.78 is 31.4. The van der Waals surface area contributed by atoms with Crippen molar-refractivity contribution >= 4 is 27.3 Å². The van der Waals surface area contributed by atoms with Gasteiger partial charge in [0.25, 0.3) is 0 Å². The van der Waals surface area contributed by atoms with Gasteiger partial charge in [0.2, 0.25) is 15.9 Å². The lowest BCUT2D eigenvalue weighted by Crippen LogP contribution is -2.47. The molecule has 1 heterocycles. The van der Waals surface area contributed by atoms with Crippen LogP contribution in [0.4, 0.5) is 11.4 Å². The van der Waals surface area contributed by atoms with Crippen molar-refractivity contribution < 1.29 is 17.9 Å². The first-order chi connectivity index (χ1) is 14.8. The van der Waals surface area contributed by atoms with Gasteiger partial charge in [-0.25, -0.2) is 8.42 Å². The molecular formula is C23H31N3O4S. The Morgan fingerprint density at radius 3 is 2.26 bits per heavy atom. The molecular weight excluding hydrogens is 414 g/mol. The monoisotopic (exact) mass is 445 g/mol. The first kappa shape index (κ1) is 22.9. The van der Waals surface area contributed by atoms with E-state index in [1.54, 1.807) is 31.2 Å². The van der Waals surface area contributed by atoms with Crippen molar-refractivity contribution in [3.8, 4) is 5.75 Å². The third kappa shape index (κ3) is 5.91. The molecule has 2 aromatic carbocycles. The summed E-state index contributed by atoms with van der Waals surface area (Å²) in [5.74, 6) is 0.289. The van der Waals surface area contributed by atoms with Crippen LogP contribution in [0.2, 0.25) is 0 Å². The summed E-state index contributed by atoms with van der Waals surface area (Å²) in [6.45, 7) is 6.49. The predicted molar refractivity (Wildman–Crippen MR) is 124 cm³/mol. The third-order valence-corrected chi connectivity index (χ3v) is 6.61. The highest BCUT2D eigenvalue weighted by atomic mass is 32.2. The van der Waals surface area contributed by atoms with E-state index in [1.165, 1.54) is 18.5 Å². The Kier molecular flexibility index (Phi) is 7.43. The molecule has 1 atom stereocenters. The molecule has 0 aromatic heterocycles. The number of carbonyl (C=O) groups is 1. The fourth-order valence-corrected chi connectivity index (χ4v) is 4.98. The number of amides is 1. The van der Waals surface area contributed by atoms with Gasteiger partial charge in [-0.15, -0.1) is 0 Å². The smallest absolute Gasteiger partial charge is 0.243 e. The first-order valence-corrected chi connectivity index (χ1v) is 12.5. The van der Waals surface area contributed by atoms with Crippen LogP contribution in [0.25, 0.3) is 0 Å². The summed E-state index contributed by atoms with van der Waals surface area (Å²) >= 11 is 0. The summed E-state index contributed by atoms with van der Waals surface area (Å²) in [5.41, 5.74) is 2.58. The van der Waals surface area contributed by atoms with E-state index in [-0.39, 0.29) is 5.91 Å². The van der Waals surface area contributed by atoms with Gasteiger partial charge in [0.1, 0.15) is 11.8 Å². The van der Waals surface area contributed by atoms with Crippen LogP contribution < -0.4 is 19.3 Å². The molecule has 0 radical (unpaired) electrons. The second kappa shape index (κ2) is 10.0. The van der Waals surface area contributed by atoms with Gasteiger partial charge in [-0.2, -0.15) is 0 Å². The lowest BCUT2D eigenvalue weighted by molar-refractivity contribution is -0.122. The van der Waals surface area contributed by atoms with Crippen LogP contribution in [0, 0.1) is 0 Å². The SMILES string of the molecule is CCOc1ccc(N(C(C)C(=O)NCc2ccc(N3CCCC3)cc2)S(C)(=O)=O)cc1. The number of rotatable bonds is 9. The zero-order chi connectivity index (χ0) is 22.4. The fourth-order valence-electron chi connectivity index (χ4n) is 3.80. The molecule has 7 nitrogen and oxygen atoms in total. The second-order valence-electron chi connectivity index (χ2n) is 7.74. The number of sulfonamides is 1. The molecule has 1 saturated heterocycles.